The lowest BCUT2D eigenvalue weighted by molar-refractivity contribution is -0.124. The molecular weight excluding hydrogens is 356 g/mol. The minimum Gasteiger partial charge on any atom is -0.478 e. The zero-order valence-electron chi connectivity index (χ0n) is 15.0. The van der Waals surface area contributed by atoms with Gasteiger partial charge in [-0.25, -0.2) is 13.2 Å². The Morgan fingerprint density at radius 1 is 1.35 bits per heavy atom. The van der Waals surface area contributed by atoms with Crippen molar-refractivity contribution in [1.29, 1.82) is 0 Å². The van der Waals surface area contributed by atoms with Gasteiger partial charge in [-0.3, -0.25) is 4.79 Å². The molecule has 1 heterocycles. The summed E-state index contributed by atoms with van der Waals surface area (Å²) in [5, 5.41) is 11.8. The van der Waals surface area contributed by atoms with Crippen LogP contribution in [0.5, 0.6) is 0 Å². The summed E-state index contributed by atoms with van der Waals surface area (Å²) in [5.74, 6) is -1.19. The molecule has 144 valence electrons. The summed E-state index contributed by atoms with van der Waals surface area (Å²) in [5.41, 5.74) is 1.02. The molecule has 2 rings (SSSR count). The second-order valence-electron chi connectivity index (χ2n) is 6.48. The van der Waals surface area contributed by atoms with Crippen LogP contribution in [0.4, 0.5) is 0 Å². The Morgan fingerprint density at radius 2 is 2.12 bits per heavy atom. The Morgan fingerprint density at radius 3 is 2.81 bits per heavy atom. The number of carbonyl (C=O) groups excluding carboxylic acids is 1. The number of nitrogens with zero attached hydrogens (tertiary/aromatic N) is 1. The van der Waals surface area contributed by atoms with Gasteiger partial charge in [-0.2, -0.15) is 4.31 Å². The summed E-state index contributed by atoms with van der Waals surface area (Å²) in [6, 6.07) is 5.92. The van der Waals surface area contributed by atoms with E-state index in [2.05, 4.69) is 5.32 Å². The van der Waals surface area contributed by atoms with Crippen LogP contribution in [-0.2, 0) is 21.2 Å². The van der Waals surface area contributed by atoms with Crippen molar-refractivity contribution in [2.24, 2.45) is 0 Å². The molecule has 0 aliphatic carbocycles. The van der Waals surface area contributed by atoms with Gasteiger partial charge in [-0.05, 0) is 43.4 Å². The van der Waals surface area contributed by atoms with Gasteiger partial charge in [0.05, 0.1) is 11.3 Å². The number of carboxylic acid groups (broad SMARTS) is 1. The van der Waals surface area contributed by atoms with Crippen LogP contribution in [0.2, 0.25) is 0 Å². The van der Waals surface area contributed by atoms with Gasteiger partial charge in [0, 0.05) is 13.1 Å². The third kappa shape index (κ3) is 5.28. The molecule has 1 amide bonds. The monoisotopic (exact) mass is 382 g/mol. The largest absolute Gasteiger partial charge is 0.478 e. The minimum atomic E-state index is -3.40. The Hall–Kier alpha value is -1.93. The highest BCUT2D eigenvalue weighted by atomic mass is 32.2. The van der Waals surface area contributed by atoms with Gasteiger partial charge < -0.3 is 10.4 Å². The molecule has 0 radical (unpaired) electrons. The van der Waals surface area contributed by atoms with Crippen molar-refractivity contribution in [3.8, 4) is 0 Å². The van der Waals surface area contributed by atoms with Gasteiger partial charge in [0.25, 0.3) is 0 Å². The van der Waals surface area contributed by atoms with E-state index in [4.69, 9.17) is 5.11 Å². The maximum Gasteiger partial charge on any atom is 0.335 e. The van der Waals surface area contributed by atoms with E-state index >= 15 is 0 Å². The molecule has 1 aliphatic rings. The molecular formula is C18H26N2O5S. The molecule has 1 atom stereocenters. The van der Waals surface area contributed by atoms with Gasteiger partial charge in [0.15, 0.2) is 0 Å². The quantitative estimate of drug-likeness (QED) is 0.676. The van der Waals surface area contributed by atoms with Crippen molar-refractivity contribution in [2.75, 3.05) is 18.8 Å². The fraction of sp³-hybridized carbons (Fsp3) is 0.556. The summed E-state index contributed by atoms with van der Waals surface area (Å²) in [6.07, 6.45) is 3.09. The maximum atomic E-state index is 12.4. The van der Waals surface area contributed by atoms with Crippen molar-refractivity contribution < 1.29 is 23.1 Å². The number of carbonyl (C=O) groups is 2. The third-order valence-corrected chi connectivity index (χ3v) is 6.46. The van der Waals surface area contributed by atoms with Crippen molar-refractivity contribution in [2.45, 2.75) is 45.1 Å². The molecule has 0 spiro atoms. The number of rotatable bonds is 9. The molecule has 7 nitrogen and oxygen atoms in total. The topological polar surface area (TPSA) is 104 Å². The van der Waals surface area contributed by atoms with Crippen molar-refractivity contribution in [3.63, 3.8) is 0 Å². The first-order chi connectivity index (χ1) is 12.3. The van der Waals surface area contributed by atoms with Crippen LogP contribution in [0.25, 0.3) is 0 Å². The smallest absolute Gasteiger partial charge is 0.335 e. The fourth-order valence-electron chi connectivity index (χ4n) is 3.09. The molecule has 2 N–H and O–H groups in total. The van der Waals surface area contributed by atoms with E-state index in [9.17, 15) is 18.0 Å². The molecule has 0 bridgehead atoms. The van der Waals surface area contributed by atoms with E-state index in [1.165, 1.54) is 10.4 Å². The number of hydrogen-bond acceptors (Lipinski definition) is 4. The molecule has 1 fully saturated rings. The summed E-state index contributed by atoms with van der Waals surface area (Å²) in [7, 11) is -3.40. The van der Waals surface area contributed by atoms with E-state index in [-0.39, 0.29) is 17.2 Å². The van der Waals surface area contributed by atoms with Gasteiger partial charge in [0.2, 0.25) is 15.9 Å². The van der Waals surface area contributed by atoms with Crippen LogP contribution in [0.1, 0.15) is 48.5 Å². The van der Waals surface area contributed by atoms with Crippen molar-refractivity contribution >= 4 is 21.9 Å². The van der Waals surface area contributed by atoms with Gasteiger partial charge >= 0.3 is 5.97 Å². The minimum absolute atomic E-state index is 0.0786. The molecule has 1 aromatic carbocycles. The molecule has 1 saturated heterocycles. The van der Waals surface area contributed by atoms with Crippen LogP contribution in [0, 0.1) is 0 Å². The second-order valence-corrected chi connectivity index (χ2v) is 8.53. The van der Waals surface area contributed by atoms with E-state index in [1.807, 2.05) is 6.92 Å². The first-order valence-corrected chi connectivity index (χ1v) is 10.6. The molecule has 0 aromatic heterocycles. The fourth-order valence-corrected chi connectivity index (χ4v) is 4.97. The molecule has 1 aromatic rings. The Labute approximate surface area is 154 Å². The number of carboxylic acids is 1. The second kappa shape index (κ2) is 9.14. The van der Waals surface area contributed by atoms with Crippen molar-refractivity contribution in [1.82, 2.24) is 9.62 Å². The van der Waals surface area contributed by atoms with Gasteiger partial charge in [-0.15, -0.1) is 0 Å². The SMILES string of the molecule is CCCCS(=O)(=O)N1CCCC1C(=O)NCCc1cccc(C(=O)O)c1. The molecule has 26 heavy (non-hydrogen) atoms. The summed E-state index contributed by atoms with van der Waals surface area (Å²) in [6.45, 7) is 2.66. The average Bonchev–Trinajstić information content (AvgIpc) is 3.11. The first-order valence-electron chi connectivity index (χ1n) is 8.94. The summed E-state index contributed by atoms with van der Waals surface area (Å²) < 4.78 is 26.1. The number of benzene rings is 1. The Kier molecular flexibility index (Phi) is 7.16. The van der Waals surface area contributed by atoms with Crippen LogP contribution in [0.15, 0.2) is 24.3 Å². The first kappa shape index (κ1) is 20.4. The molecule has 0 saturated carbocycles. The normalized spacial score (nSPS) is 18.0. The summed E-state index contributed by atoms with van der Waals surface area (Å²) in [4.78, 5) is 23.4. The lowest BCUT2D eigenvalue weighted by Gasteiger charge is -2.23. The Bertz CT molecular complexity index is 748. The number of unbranched alkanes of at least 4 members (excludes halogenated alkanes) is 1. The molecule has 1 unspecified atom stereocenters. The predicted molar refractivity (Wildman–Crippen MR) is 98.5 cm³/mol. The number of nitrogens with one attached hydrogen (secondary N) is 1. The lowest BCUT2D eigenvalue weighted by Crippen LogP contribution is -2.47. The number of aromatic carboxylic acids is 1. The van der Waals surface area contributed by atoms with Gasteiger partial charge in [-0.1, -0.05) is 25.5 Å². The zero-order chi connectivity index (χ0) is 19.2. The van der Waals surface area contributed by atoms with Gasteiger partial charge in [0.1, 0.15) is 6.04 Å². The average molecular weight is 382 g/mol. The highest BCUT2D eigenvalue weighted by Crippen LogP contribution is 2.22. The number of amides is 1. The number of sulfonamides is 1. The summed E-state index contributed by atoms with van der Waals surface area (Å²) >= 11 is 0. The number of hydrogen-bond donors (Lipinski definition) is 2. The van der Waals surface area contributed by atoms with E-state index in [0.717, 1.165) is 12.0 Å². The lowest BCUT2D eigenvalue weighted by atomic mass is 10.1. The van der Waals surface area contributed by atoms with Crippen molar-refractivity contribution in [3.05, 3.63) is 35.4 Å². The van der Waals surface area contributed by atoms with E-state index in [0.29, 0.717) is 38.8 Å². The molecule has 8 heteroatoms. The third-order valence-electron chi connectivity index (χ3n) is 4.51. The predicted octanol–water partition coefficient (Wildman–Crippen LogP) is 1.64. The maximum absolute atomic E-state index is 12.4. The standard InChI is InChI=1S/C18H26N2O5S/c1-2-3-12-26(24,25)20-11-5-8-16(20)17(21)19-10-9-14-6-4-7-15(13-14)18(22)23/h4,6-7,13,16H,2-3,5,8-12H2,1H3,(H,19,21)(H,22,23). The van der Waals surface area contributed by atoms with Crippen LogP contribution in [0.3, 0.4) is 0 Å². The van der Waals surface area contributed by atoms with E-state index in [1.54, 1.807) is 18.2 Å². The van der Waals surface area contributed by atoms with Crippen LogP contribution >= 0.6 is 0 Å². The highest BCUT2D eigenvalue weighted by molar-refractivity contribution is 7.89. The zero-order valence-corrected chi connectivity index (χ0v) is 15.8. The van der Waals surface area contributed by atoms with E-state index < -0.39 is 22.0 Å². The molecule has 1 aliphatic heterocycles. The Balaban J connectivity index is 1.91. The van der Waals surface area contributed by atoms with Crippen LogP contribution < -0.4 is 5.32 Å². The highest BCUT2D eigenvalue weighted by Gasteiger charge is 2.37. The van der Waals surface area contributed by atoms with Crippen LogP contribution in [-0.4, -0.2) is 54.6 Å².